The summed E-state index contributed by atoms with van der Waals surface area (Å²) in [6.07, 6.45) is 0. The van der Waals surface area contributed by atoms with E-state index in [0.29, 0.717) is 22.6 Å². The summed E-state index contributed by atoms with van der Waals surface area (Å²) in [7, 11) is 0. The minimum absolute atomic E-state index is 0.288. The summed E-state index contributed by atoms with van der Waals surface area (Å²) in [4.78, 5) is 35.4. The van der Waals surface area contributed by atoms with Crippen LogP contribution in [0.2, 0.25) is 0 Å². The average molecular weight is 414 g/mol. The van der Waals surface area contributed by atoms with E-state index in [1.165, 1.54) is 55.5 Å². The van der Waals surface area contributed by atoms with E-state index in [1.807, 2.05) is 0 Å². The van der Waals surface area contributed by atoms with Gasteiger partial charge >= 0.3 is 17.9 Å². The van der Waals surface area contributed by atoms with Crippen molar-refractivity contribution in [1.82, 2.24) is 0 Å². The largest absolute Gasteiger partial charge is 0.427 e. The lowest BCUT2D eigenvalue weighted by Crippen LogP contribution is -2.10. The van der Waals surface area contributed by atoms with Crippen LogP contribution in [0.4, 0.5) is 0 Å². The molecule has 3 rings (SSSR count). The monoisotopic (exact) mass is 414 g/mol. The number of hydrogen-bond acceptors (Lipinski definition) is 6. The molecule has 0 heterocycles. The maximum Gasteiger partial charge on any atom is 0.343 e. The van der Waals surface area contributed by atoms with E-state index in [1.54, 1.807) is 31.2 Å². The molecule has 0 saturated heterocycles. The van der Waals surface area contributed by atoms with E-state index in [4.69, 9.17) is 14.2 Å². The first-order chi connectivity index (χ1) is 14.9. The van der Waals surface area contributed by atoms with Gasteiger partial charge in [-0.1, -0.05) is 5.92 Å². The summed E-state index contributed by atoms with van der Waals surface area (Å²) in [5.74, 6) is 5.11. The Labute approximate surface area is 179 Å². The molecule has 0 aromatic heterocycles. The summed E-state index contributed by atoms with van der Waals surface area (Å²) in [5.41, 5.74) is 1.50. The van der Waals surface area contributed by atoms with Crippen LogP contribution in [0.15, 0.2) is 72.8 Å². The molecule has 0 spiro atoms. The van der Waals surface area contributed by atoms with Gasteiger partial charge in [0, 0.05) is 12.5 Å². The molecule has 3 aromatic rings. The molecule has 6 heteroatoms. The molecule has 0 fully saturated rings. The van der Waals surface area contributed by atoms with Gasteiger partial charge in [-0.25, -0.2) is 9.59 Å². The first kappa shape index (κ1) is 21.3. The molecule has 154 valence electrons. The van der Waals surface area contributed by atoms with Crippen molar-refractivity contribution >= 4 is 17.9 Å². The molecule has 0 atom stereocenters. The fourth-order valence-corrected chi connectivity index (χ4v) is 2.57. The first-order valence-electron chi connectivity index (χ1n) is 9.30. The lowest BCUT2D eigenvalue weighted by molar-refractivity contribution is -0.131. The van der Waals surface area contributed by atoms with Crippen LogP contribution in [0.5, 0.6) is 17.2 Å². The number of hydrogen-bond donors (Lipinski definition) is 0. The van der Waals surface area contributed by atoms with Crippen molar-refractivity contribution < 1.29 is 28.6 Å². The lowest BCUT2D eigenvalue weighted by atomic mass is 10.1. The van der Waals surface area contributed by atoms with Crippen LogP contribution >= 0.6 is 0 Å². The van der Waals surface area contributed by atoms with Gasteiger partial charge in [0.1, 0.15) is 17.2 Å². The topological polar surface area (TPSA) is 78.9 Å². The predicted octanol–water partition coefficient (Wildman–Crippen LogP) is 4.42. The molecule has 0 aliphatic heterocycles. The number of carbonyl (C=O) groups is 3. The summed E-state index contributed by atoms with van der Waals surface area (Å²) in [6.45, 7) is 3.03. The fraction of sp³-hybridized carbons (Fsp3) is 0.0800. The van der Waals surface area contributed by atoms with Gasteiger partial charge in [0.05, 0.1) is 11.1 Å². The summed E-state index contributed by atoms with van der Waals surface area (Å²) in [5, 5.41) is 0. The number of esters is 3. The molecule has 0 amide bonds. The number of ether oxygens (including phenoxy) is 3. The summed E-state index contributed by atoms with van der Waals surface area (Å²) < 4.78 is 15.6. The van der Waals surface area contributed by atoms with Gasteiger partial charge in [-0.3, -0.25) is 4.79 Å². The van der Waals surface area contributed by atoms with Crippen molar-refractivity contribution in [2.75, 3.05) is 0 Å². The number of carbonyl (C=O) groups excluding carboxylic acids is 3. The number of rotatable bonds is 5. The minimum atomic E-state index is -0.575. The first-order valence-corrected chi connectivity index (χ1v) is 9.30. The molecule has 31 heavy (non-hydrogen) atoms. The average Bonchev–Trinajstić information content (AvgIpc) is 2.76. The van der Waals surface area contributed by atoms with Gasteiger partial charge in [0.15, 0.2) is 0 Å². The third-order valence-electron chi connectivity index (χ3n) is 3.99. The van der Waals surface area contributed by atoms with E-state index >= 15 is 0 Å². The Kier molecular flexibility index (Phi) is 6.82. The smallest absolute Gasteiger partial charge is 0.343 e. The van der Waals surface area contributed by atoms with Crippen molar-refractivity contribution in [1.29, 1.82) is 0 Å². The van der Waals surface area contributed by atoms with Crippen molar-refractivity contribution in [3.05, 3.63) is 89.5 Å². The van der Waals surface area contributed by atoms with Crippen LogP contribution in [-0.4, -0.2) is 17.9 Å². The standard InChI is InChI=1S/C25H18O6/c1-3-4-18-5-7-19(8-6-18)24(27)30-22-13-15-23(16-14-22)31-25(28)20-9-11-21(12-10-20)29-17(2)26/h5-16H,1-2H3. The van der Waals surface area contributed by atoms with Crippen LogP contribution in [-0.2, 0) is 4.79 Å². The Bertz CT molecular complexity index is 1150. The van der Waals surface area contributed by atoms with Crippen molar-refractivity contribution in [2.45, 2.75) is 13.8 Å². The normalized spacial score (nSPS) is 9.74. The molecule has 0 unspecified atom stereocenters. The van der Waals surface area contributed by atoms with Gasteiger partial charge in [0.2, 0.25) is 0 Å². The van der Waals surface area contributed by atoms with Crippen LogP contribution in [0.25, 0.3) is 0 Å². The molecule has 6 nitrogen and oxygen atoms in total. The second-order valence-corrected chi connectivity index (χ2v) is 6.32. The predicted molar refractivity (Wildman–Crippen MR) is 113 cm³/mol. The second-order valence-electron chi connectivity index (χ2n) is 6.32. The quantitative estimate of drug-likeness (QED) is 0.349. The molecule has 3 aromatic carbocycles. The molecule has 0 N–H and O–H groups in total. The van der Waals surface area contributed by atoms with Crippen LogP contribution in [0.1, 0.15) is 40.1 Å². The van der Waals surface area contributed by atoms with Crippen molar-refractivity contribution in [3.8, 4) is 29.1 Å². The highest BCUT2D eigenvalue weighted by Crippen LogP contribution is 2.21. The third kappa shape index (κ3) is 6.05. The molecular weight excluding hydrogens is 396 g/mol. The summed E-state index contributed by atoms with van der Waals surface area (Å²) >= 11 is 0. The Morgan fingerprint density at radius 1 is 0.613 bits per heavy atom. The zero-order valence-electron chi connectivity index (χ0n) is 16.9. The Balaban J connectivity index is 1.59. The second kappa shape index (κ2) is 9.90. The van der Waals surface area contributed by atoms with E-state index in [-0.39, 0.29) is 5.75 Å². The fourth-order valence-electron chi connectivity index (χ4n) is 2.57. The highest BCUT2D eigenvalue weighted by Gasteiger charge is 2.11. The van der Waals surface area contributed by atoms with Crippen LogP contribution in [0, 0.1) is 11.8 Å². The maximum atomic E-state index is 12.3. The molecule has 0 aliphatic carbocycles. The van der Waals surface area contributed by atoms with Gasteiger partial charge in [0.25, 0.3) is 0 Å². The molecular formula is C25H18O6. The van der Waals surface area contributed by atoms with E-state index in [2.05, 4.69) is 11.8 Å². The Hall–Kier alpha value is -4.37. The van der Waals surface area contributed by atoms with Crippen molar-refractivity contribution in [2.24, 2.45) is 0 Å². The highest BCUT2D eigenvalue weighted by atomic mass is 16.5. The van der Waals surface area contributed by atoms with Crippen LogP contribution < -0.4 is 14.2 Å². The van der Waals surface area contributed by atoms with E-state index in [9.17, 15) is 14.4 Å². The summed E-state index contributed by atoms with van der Waals surface area (Å²) in [6, 6.07) is 18.9. The van der Waals surface area contributed by atoms with E-state index < -0.39 is 17.9 Å². The molecule has 0 bridgehead atoms. The lowest BCUT2D eigenvalue weighted by Gasteiger charge is -2.07. The molecule has 0 aliphatic rings. The van der Waals surface area contributed by atoms with Crippen LogP contribution in [0.3, 0.4) is 0 Å². The third-order valence-corrected chi connectivity index (χ3v) is 3.99. The Morgan fingerprint density at radius 2 is 1.00 bits per heavy atom. The molecule has 0 saturated carbocycles. The van der Waals surface area contributed by atoms with E-state index in [0.717, 1.165) is 5.56 Å². The van der Waals surface area contributed by atoms with Gasteiger partial charge < -0.3 is 14.2 Å². The minimum Gasteiger partial charge on any atom is -0.427 e. The zero-order valence-corrected chi connectivity index (χ0v) is 16.9. The van der Waals surface area contributed by atoms with Gasteiger partial charge in [-0.05, 0) is 79.7 Å². The molecule has 0 radical (unpaired) electrons. The van der Waals surface area contributed by atoms with Gasteiger partial charge in [-0.15, -0.1) is 5.92 Å². The zero-order chi connectivity index (χ0) is 22.2. The van der Waals surface area contributed by atoms with Crippen molar-refractivity contribution in [3.63, 3.8) is 0 Å². The van der Waals surface area contributed by atoms with Gasteiger partial charge in [-0.2, -0.15) is 0 Å². The number of benzene rings is 3. The maximum absolute atomic E-state index is 12.3. The highest BCUT2D eigenvalue weighted by molar-refractivity contribution is 5.92. The Morgan fingerprint density at radius 3 is 1.42 bits per heavy atom. The SMILES string of the molecule is CC#Cc1ccc(C(=O)Oc2ccc(OC(=O)c3ccc(OC(C)=O)cc3)cc2)cc1.